The first-order valence-electron chi connectivity index (χ1n) is 8.03. The summed E-state index contributed by atoms with van der Waals surface area (Å²) in [7, 11) is 0. The number of carbonyl (C=O) groups is 1. The van der Waals surface area contributed by atoms with Gasteiger partial charge in [0.05, 0.1) is 22.4 Å². The van der Waals surface area contributed by atoms with Gasteiger partial charge in [0, 0.05) is 17.7 Å². The van der Waals surface area contributed by atoms with Crippen molar-refractivity contribution in [3.63, 3.8) is 0 Å². The van der Waals surface area contributed by atoms with Crippen LogP contribution < -0.4 is 16.4 Å². The molecular formula is C17H17N5O2S3. The van der Waals surface area contributed by atoms with Gasteiger partial charge in [-0.1, -0.05) is 24.3 Å². The van der Waals surface area contributed by atoms with E-state index in [-0.39, 0.29) is 11.0 Å². The number of nitrogens with one attached hydrogen (secondary N) is 2. The Bertz CT molecular complexity index is 953. The Morgan fingerprint density at radius 2 is 2.19 bits per heavy atom. The van der Waals surface area contributed by atoms with Crippen molar-refractivity contribution in [2.75, 3.05) is 10.6 Å². The number of anilines is 2. The van der Waals surface area contributed by atoms with Gasteiger partial charge in [0.1, 0.15) is 5.76 Å². The summed E-state index contributed by atoms with van der Waals surface area (Å²) in [5, 5.41) is 6.27. The number of thioether (sulfide) groups is 1. The second-order valence-electron chi connectivity index (χ2n) is 5.37. The number of nitrogens with zero attached hydrogens (tertiary/aromatic N) is 2. The van der Waals surface area contributed by atoms with E-state index in [0.29, 0.717) is 28.0 Å². The fraction of sp³-hybridized carbons (Fsp3) is 0.176. The predicted octanol–water partition coefficient (Wildman–Crippen LogP) is 3.89. The lowest BCUT2D eigenvalue weighted by Crippen LogP contribution is -2.19. The van der Waals surface area contributed by atoms with Crippen LogP contribution in [0, 0.1) is 0 Å². The number of thiazole rings is 1. The van der Waals surface area contributed by atoms with Crippen molar-refractivity contribution in [3.8, 4) is 0 Å². The van der Waals surface area contributed by atoms with Crippen molar-refractivity contribution < 1.29 is 9.21 Å². The lowest BCUT2D eigenvalue weighted by molar-refractivity contribution is 0.102. The third kappa shape index (κ3) is 5.52. The minimum absolute atomic E-state index is 0.145. The van der Waals surface area contributed by atoms with E-state index < -0.39 is 0 Å². The van der Waals surface area contributed by atoms with Crippen LogP contribution in [0.2, 0.25) is 0 Å². The van der Waals surface area contributed by atoms with Crippen LogP contribution in [-0.2, 0) is 12.2 Å². The summed E-state index contributed by atoms with van der Waals surface area (Å²) < 4.78 is 6.54. The predicted molar refractivity (Wildman–Crippen MR) is 112 cm³/mol. The molecule has 1 amide bonds. The fourth-order valence-electron chi connectivity index (χ4n) is 2.14. The molecule has 4 N–H and O–H groups in total. The number of oxazole rings is 1. The van der Waals surface area contributed by atoms with Gasteiger partial charge in [-0.2, -0.15) is 0 Å². The molecule has 3 rings (SSSR count). The van der Waals surface area contributed by atoms with Crippen LogP contribution in [0.15, 0.2) is 45.3 Å². The second-order valence-corrected chi connectivity index (χ2v) is 8.12. The average Bonchev–Trinajstić information content (AvgIpc) is 3.28. The van der Waals surface area contributed by atoms with Crippen LogP contribution in [0.3, 0.4) is 0 Å². The van der Waals surface area contributed by atoms with E-state index in [1.54, 1.807) is 48.4 Å². The minimum atomic E-state index is -0.257. The third-order valence-corrected chi connectivity index (χ3v) is 5.58. The molecule has 0 aliphatic carbocycles. The SMILES string of the molecule is CCc1cnc(CSc2cnc(NC(=O)c3cccc(NC(N)=S)c3)s2)o1. The number of benzene rings is 1. The monoisotopic (exact) mass is 419 g/mol. The topological polar surface area (TPSA) is 106 Å². The van der Waals surface area contributed by atoms with E-state index in [4.69, 9.17) is 22.4 Å². The molecule has 27 heavy (non-hydrogen) atoms. The lowest BCUT2D eigenvalue weighted by atomic mass is 10.2. The number of aryl methyl sites for hydroxylation is 1. The van der Waals surface area contributed by atoms with Gasteiger partial charge in [0.15, 0.2) is 10.2 Å². The molecule has 0 bridgehead atoms. The zero-order valence-electron chi connectivity index (χ0n) is 14.4. The minimum Gasteiger partial charge on any atom is -0.445 e. The Morgan fingerprint density at radius 3 is 2.93 bits per heavy atom. The fourth-order valence-corrected chi connectivity index (χ4v) is 3.98. The summed E-state index contributed by atoms with van der Waals surface area (Å²) in [6.45, 7) is 2.02. The largest absolute Gasteiger partial charge is 0.445 e. The maximum absolute atomic E-state index is 12.4. The Balaban J connectivity index is 1.58. The molecule has 7 nitrogen and oxygen atoms in total. The molecule has 0 atom stereocenters. The molecule has 0 aliphatic rings. The van der Waals surface area contributed by atoms with E-state index in [0.717, 1.165) is 16.4 Å². The highest BCUT2D eigenvalue weighted by molar-refractivity contribution is 8.00. The van der Waals surface area contributed by atoms with Crippen LogP contribution in [0.1, 0.15) is 28.9 Å². The second kappa shape index (κ2) is 8.98. The van der Waals surface area contributed by atoms with Gasteiger partial charge in [-0.15, -0.1) is 11.8 Å². The van der Waals surface area contributed by atoms with E-state index in [1.807, 2.05) is 6.92 Å². The third-order valence-electron chi connectivity index (χ3n) is 3.39. The number of hydrogen-bond acceptors (Lipinski definition) is 7. The number of hydrogen-bond donors (Lipinski definition) is 3. The van der Waals surface area contributed by atoms with E-state index in [2.05, 4.69) is 20.6 Å². The molecule has 0 fully saturated rings. The zero-order valence-corrected chi connectivity index (χ0v) is 16.8. The number of nitrogens with two attached hydrogens (primary N) is 1. The van der Waals surface area contributed by atoms with Gasteiger partial charge < -0.3 is 15.5 Å². The Morgan fingerprint density at radius 1 is 1.33 bits per heavy atom. The highest BCUT2D eigenvalue weighted by Crippen LogP contribution is 2.30. The number of carbonyl (C=O) groups excluding carboxylic acids is 1. The average molecular weight is 420 g/mol. The van der Waals surface area contributed by atoms with Crippen molar-refractivity contribution in [2.24, 2.45) is 5.73 Å². The summed E-state index contributed by atoms with van der Waals surface area (Å²) >= 11 is 7.76. The van der Waals surface area contributed by atoms with Crippen LogP contribution >= 0.6 is 35.3 Å². The zero-order chi connectivity index (χ0) is 19.2. The highest BCUT2D eigenvalue weighted by Gasteiger charge is 2.11. The quantitative estimate of drug-likeness (QED) is 0.391. The summed E-state index contributed by atoms with van der Waals surface area (Å²) in [5.74, 6) is 1.91. The molecule has 0 saturated heterocycles. The number of amides is 1. The van der Waals surface area contributed by atoms with E-state index >= 15 is 0 Å². The van der Waals surface area contributed by atoms with Crippen molar-refractivity contribution in [2.45, 2.75) is 23.3 Å². The van der Waals surface area contributed by atoms with Gasteiger partial charge in [-0.05, 0) is 30.4 Å². The number of aromatic nitrogens is 2. The maximum atomic E-state index is 12.4. The number of rotatable bonds is 7. The molecule has 2 heterocycles. The molecule has 3 aromatic rings. The molecule has 0 aliphatic heterocycles. The normalized spacial score (nSPS) is 10.6. The molecule has 1 aromatic carbocycles. The number of thiocarbonyl (C=S) groups is 1. The van der Waals surface area contributed by atoms with E-state index in [9.17, 15) is 4.79 Å². The van der Waals surface area contributed by atoms with Gasteiger partial charge in [0.2, 0.25) is 5.89 Å². The van der Waals surface area contributed by atoms with Crippen molar-refractivity contribution in [1.29, 1.82) is 0 Å². The molecule has 140 valence electrons. The first-order chi connectivity index (χ1) is 13.0. The maximum Gasteiger partial charge on any atom is 0.257 e. The molecule has 0 radical (unpaired) electrons. The van der Waals surface area contributed by atoms with E-state index in [1.165, 1.54) is 11.3 Å². The molecule has 2 aromatic heterocycles. The molecule has 0 spiro atoms. The molecular weight excluding hydrogens is 402 g/mol. The van der Waals surface area contributed by atoms with Crippen LogP contribution in [0.25, 0.3) is 0 Å². The molecule has 10 heteroatoms. The lowest BCUT2D eigenvalue weighted by Gasteiger charge is -2.06. The Kier molecular flexibility index (Phi) is 6.43. The summed E-state index contributed by atoms with van der Waals surface area (Å²) in [4.78, 5) is 20.9. The highest BCUT2D eigenvalue weighted by atomic mass is 32.2. The van der Waals surface area contributed by atoms with Crippen molar-refractivity contribution in [3.05, 3.63) is 53.9 Å². The van der Waals surface area contributed by atoms with Crippen molar-refractivity contribution in [1.82, 2.24) is 9.97 Å². The summed E-state index contributed by atoms with van der Waals surface area (Å²) in [6, 6.07) is 6.91. The van der Waals surface area contributed by atoms with Crippen LogP contribution in [0.4, 0.5) is 10.8 Å². The first-order valence-corrected chi connectivity index (χ1v) is 10.2. The smallest absolute Gasteiger partial charge is 0.257 e. The summed E-state index contributed by atoms with van der Waals surface area (Å²) in [5.41, 5.74) is 6.59. The van der Waals surface area contributed by atoms with Crippen LogP contribution in [0.5, 0.6) is 0 Å². The van der Waals surface area contributed by atoms with Gasteiger partial charge in [-0.25, -0.2) is 9.97 Å². The van der Waals surface area contributed by atoms with Crippen LogP contribution in [-0.4, -0.2) is 21.0 Å². The van der Waals surface area contributed by atoms with Gasteiger partial charge in [0.25, 0.3) is 5.91 Å². The molecule has 0 saturated carbocycles. The first kappa shape index (κ1) is 19.3. The summed E-state index contributed by atoms with van der Waals surface area (Å²) in [6.07, 6.45) is 4.29. The van der Waals surface area contributed by atoms with Crippen molar-refractivity contribution >= 4 is 57.2 Å². The van der Waals surface area contributed by atoms with Gasteiger partial charge in [-0.3, -0.25) is 10.1 Å². The Hall–Kier alpha value is -2.43. The standard InChI is InChI=1S/C17H17N5O2S3/c1-2-12-7-19-13(24-12)9-26-14-8-20-17(27-14)22-15(23)10-4-3-5-11(6-10)21-16(18)25/h3-8H,2,9H2,1H3,(H3,18,21,25)(H,20,22,23). The molecule has 0 unspecified atom stereocenters. The van der Waals surface area contributed by atoms with Gasteiger partial charge >= 0.3 is 0 Å². The Labute approximate surface area is 169 Å².